The first-order valence-corrected chi connectivity index (χ1v) is 15.3. The second-order valence-corrected chi connectivity index (χ2v) is 11.9. The van der Waals surface area contributed by atoms with Gasteiger partial charge >= 0.3 is 5.97 Å². The highest BCUT2D eigenvalue weighted by Crippen LogP contribution is 2.37. The molecule has 0 unspecified atom stereocenters. The van der Waals surface area contributed by atoms with Crippen LogP contribution < -0.4 is 24.4 Å². The first-order chi connectivity index (χ1) is 21.5. The highest BCUT2D eigenvalue weighted by atomic mass is 35.5. The highest BCUT2D eigenvalue weighted by Gasteiger charge is 2.34. The Bertz CT molecular complexity index is 2030. The number of hydrogen-bond donors (Lipinski definition) is 0. The van der Waals surface area contributed by atoms with Gasteiger partial charge in [0.2, 0.25) is 0 Å². The normalized spacial score (nSPS) is 14.5. The number of allylic oxidation sites excluding steroid dienone is 1. The summed E-state index contributed by atoms with van der Waals surface area (Å²) in [5.41, 5.74) is 2.16. The van der Waals surface area contributed by atoms with Crippen LogP contribution in [0, 0.1) is 17.0 Å². The molecule has 0 saturated carbocycles. The molecule has 0 radical (unpaired) electrons. The molecule has 13 heteroatoms. The van der Waals surface area contributed by atoms with Gasteiger partial charge in [0, 0.05) is 16.7 Å². The van der Waals surface area contributed by atoms with E-state index in [4.69, 9.17) is 37.4 Å². The van der Waals surface area contributed by atoms with Crippen molar-refractivity contribution >= 4 is 52.3 Å². The summed E-state index contributed by atoms with van der Waals surface area (Å²) in [6.45, 7) is 5.26. The first-order valence-electron chi connectivity index (χ1n) is 13.7. The third kappa shape index (κ3) is 6.51. The van der Waals surface area contributed by atoms with Gasteiger partial charge in [0.25, 0.3) is 11.2 Å². The molecular formula is C32H27Cl2N3O7S. The molecule has 1 aliphatic rings. The molecule has 1 aliphatic heterocycles. The van der Waals surface area contributed by atoms with Gasteiger partial charge in [0.05, 0.1) is 45.5 Å². The van der Waals surface area contributed by atoms with Crippen molar-refractivity contribution in [3.8, 4) is 11.5 Å². The van der Waals surface area contributed by atoms with Crippen molar-refractivity contribution in [2.24, 2.45) is 4.99 Å². The van der Waals surface area contributed by atoms with Gasteiger partial charge in [-0.05, 0) is 67.8 Å². The summed E-state index contributed by atoms with van der Waals surface area (Å²) in [4.78, 5) is 43.3. The number of thiazole rings is 1. The Balaban J connectivity index is 1.60. The zero-order chi connectivity index (χ0) is 32.4. The lowest BCUT2D eigenvalue weighted by molar-refractivity contribution is -0.385. The van der Waals surface area contributed by atoms with Crippen LogP contribution in [0.3, 0.4) is 0 Å². The minimum absolute atomic E-state index is 0.100. The maximum absolute atomic E-state index is 14.0. The van der Waals surface area contributed by atoms with Crippen molar-refractivity contribution in [1.82, 2.24) is 4.57 Å². The predicted molar refractivity (Wildman–Crippen MR) is 172 cm³/mol. The van der Waals surface area contributed by atoms with Crippen molar-refractivity contribution in [3.05, 3.63) is 128 Å². The van der Waals surface area contributed by atoms with Crippen molar-refractivity contribution in [1.29, 1.82) is 0 Å². The van der Waals surface area contributed by atoms with Gasteiger partial charge in [0.15, 0.2) is 16.3 Å². The number of esters is 1. The molecule has 45 heavy (non-hydrogen) atoms. The zero-order valence-corrected chi connectivity index (χ0v) is 27.0. The third-order valence-corrected chi connectivity index (χ3v) is 8.62. The lowest BCUT2D eigenvalue weighted by Crippen LogP contribution is -2.40. The maximum atomic E-state index is 14.0. The van der Waals surface area contributed by atoms with Crippen molar-refractivity contribution < 1.29 is 23.9 Å². The molecule has 232 valence electrons. The SMILES string of the molecule is CCOC(=O)C1=C(C)N=c2s/c(=C/c3cc(Cl)c(OCc4ccc(Cl)cc4)c(OC)c3)c(=O)n2[C@H]1c1ccc(C)c([N+](=O)[O-])c1. The number of nitrogens with zero attached hydrogens (tertiary/aromatic N) is 3. The molecular weight excluding hydrogens is 641 g/mol. The Kier molecular flexibility index (Phi) is 9.42. The lowest BCUT2D eigenvalue weighted by Gasteiger charge is -2.24. The number of methoxy groups -OCH3 is 1. The maximum Gasteiger partial charge on any atom is 0.338 e. The number of fused-ring (bicyclic) bond motifs is 1. The van der Waals surface area contributed by atoms with Gasteiger partial charge in [-0.1, -0.05) is 58.8 Å². The van der Waals surface area contributed by atoms with E-state index in [0.29, 0.717) is 48.2 Å². The average Bonchev–Trinajstić information content (AvgIpc) is 3.30. The topological polar surface area (TPSA) is 122 Å². The summed E-state index contributed by atoms with van der Waals surface area (Å²) in [5, 5.41) is 12.6. The van der Waals surface area contributed by atoms with E-state index in [2.05, 4.69) is 4.99 Å². The zero-order valence-electron chi connectivity index (χ0n) is 24.6. The first kappa shape index (κ1) is 32.0. The quantitative estimate of drug-likeness (QED) is 0.124. The monoisotopic (exact) mass is 667 g/mol. The Labute approximate surface area is 271 Å². The van der Waals surface area contributed by atoms with E-state index in [9.17, 15) is 19.7 Å². The summed E-state index contributed by atoms with van der Waals surface area (Å²) >= 11 is 13.7. The van der Waals surface area contributed by atoms with Crippen LogP contribution in [0.25, 0.3) is 6.08 Å². The number of nitro benzene ring substituents is 1. The smallest absolute Gasteiger partial charge is 0.338 e. The number of hydrogen-bond acceptors (Lipinski definition) is 9. The standard InChI is InChI=1S/C32H27Cl2N3O7S/c1-5-43-31(39)27-18(3)35-32-36(28(27)21-9-6-17(2)24(15-21)37(40)41)30(38)26(45-32)14-20-12-23(34)29(25(13-20)42-4)44-16-19-7-10-22(33)11-8-19/h6-15,28H,5,16H2,1-4H3/b26-14+/t28-/m0/s1. The van der Waals surface area contributed by atoms with Crippen LogP contribution in [0.15, 0.2) is 75.7 Å². The molecule has 1 atom stereocenters. The van der Waals surface area contributed by atoms with Gasteiger partial charge in [-0.25, -0.2) is 9.79 Å². The summed E-state index contributed by atoms with van der Waals surface area (Å²) in [7, 11) is 1.49. The number of carbonyl (C=O) groups excluding carboxylic acids is 1. The van der Waals surface area contributed by atoms with Crippen molar-refractivity contribution in [3.63, 3.8) is 0 Å². The van der Waals surface area contributed by atoms with E-state index < -0.39 is 22.5 Å². The molecule has 0 bridgehead atoms. The van der Waals surface area contributed by atoms with E-state index in [-0.39, 0.29) is 29.5 Å². The van der Waals surface area contributed by atoms with E-state index >= 15 is 0 Å². The van der Waals surface area contributed by atoms with Crippen molar-refractivity contribution in [2.45, 2.75) is 33.4 Å². The summed E-state index contributed by atoms with van der Waals surface area (Å²) in [5.74, 6) is 0.0381. The molecule has 0 fully saturated rings. The fourth-order valence-electron chi connectivity index (χ4n) is 4.95. The number of aryl methyl sites for hydroxylation is 1. The molecule has 4 aromatic rings. The molecule has 10 nitrogen and oxygen atoms in total. The molecule has 2 heterocycles. The molecule has 0 aliphatic carbocycles. The summed E-state index contributed by atoms with van der Waals surface area (Å²) in [6.07, 6.45) is 1.64. The molecule has 0 N–H and O–H groups in total. The van der Waals surface area contributed by atoms with Crippen LogP contribution in [0.5, 0.6) is 11.5 Å². The largest absolute Gasteiger partial charge is 0.493 e. The van der Waals surface area contributed by atoms with E-state index in [0.717, 1.165) is 16.9 Å². The van der Waals surface area contributed by atoms with Crippen LogP contribution in [-0.2, 0) is 16.1 Å². The van der Waals surface area contributed by atoms with E-state index in [1.165, 1.54) is 17.7 Å². The summed E-state index contributed by atoms with van der Waals surface area (Å²) < 4.78 is 18.5. The Hall–Kier alpha value is -4.45. The van der Waals surface area contributed by atoms with Gasteiger partial charge in [-0.2, -0.15) is 0 Å². The lowest BCUT2D eigenvalue weighted by atomic mass is 9.94. The molecule has 0 spiro atoms. The number of nitro groups is 1. The molecule has 3 aromatic carbocycles. The van der Waals surface area contributed by atoms with Gasteiger partial charge in [-0.3, -0.25) is 19.5 Å². The average molecular weight is 669 g/mol. The molecule has 0 saturated heterocycles. The number of rotatable bonds is 9. The molecule has 0 amide bonds. The molecule has 5 rings (SSSR count). The van der Waals surface area contributed by atoms with E-state index in [1.54, 1.807) is 63.2 Å². The van der Waals surface area contributed by atoms with Crippen LogP contribution in [0.1, 0.15) is 42.1 Å². The second-order valence-electron chi connectivity index (χ2n) is 10.1. The predicted octanol–water partition coefficient (Wildman–Crippen LogP) is 5.91. The number of carbonyl (C=O) groups is 1. The van der Waals surface area contributed by atoms with Crippen molar-refractivity contribution in [2.75, 3.05) is 13.7 Å². The fraction of sp³-hybridized carbons (Fsp3) is 0.219. The molecule has 1 aromatic heterocycles. The van der Waals surface area contributed by atoms with Crippen LogP contribution in [0.2, 0.25) is 10.0 Å². The van der Waals surface area contributed by atoms with Crippen LogP contribution in [0.4, 0.5) is 5.69 Å². The Morgan fingerprint density at radius 3 is 2.53 bits per heavy atom. The third-order valence-electron chi connectivity index (χ3n) is 7.11. The van der Waals surface area contributed by atoms with Gasteiger partial charge in [0.1, 0.15) is 6.61 Å². The Morgan fingerprint density at radius 1 is 1.13 bits per heavy atom. The highest BCUT2D eigenvalue weighted by molar-refractivity contribution is 7.07. The number of halogens is 2. The number of benzene rings is 3. The van der Waals surface area contributed by atoms with Gasteiger partial charge in [-0.15, -0.1) is 0 Å². The summed E-state index contributed by atoms with van der Waals surface area (Å²) in [6, 6.07) is 14.2. The Morgan fingerprint density at radius 2 is 1.87 bits per heavy atom. The van der Waals surface area contributed by atoms with Crippen LogP contribution >= 0.6 is 34.5 Å². The number of ether oxygens (including phenoxy) is 3. The minimum Gasteiger partial charge on any atom is -0.493 e. The minimum atomic E-state index is -0.997. The van der Waals surface area contributed by atoms with Crippen LogP contribution in [-0.4, -0.2) is 29.2 Å². The van der Waals surface area contributed by atoms with Gasteiger partial charge < -0.3 is 14.2 Å². The fourth-order valence-corrected chi connectivity index (χ4v) is 6.40. The number of aromatic nitrogens is 1. The second kappa shape index (κ2) is 13.3. The van der Waals surface area contributed by atoms with E-state index in [1.807, 2.05) is 12.1 Å².